The summed E-state index contributed by atoms with van der Waals surface area (Å²) in [7, 11) is 0. The van der Waals surface area contributed by atoms with E-state index in [0.717, 1.165) is 0 Å². The molecule has 0 amide bonds. The average molecular weight is 439 g/mol. The molecule has 0 atom stereocenters. The van der Waals surface area contributed by atoms with Gasteiger partial charge in [-0.25, -0.2) is 0 Å². The number of rotatable bonds is 1. The molecule has 174 valence electrons. The highest BCUT2D eigenvalue weighted by atomic mass is 14.0. The van der Waals surface area contributed by atoms with E-state index in [4.69, 9.17) is 0 Å². The third-order valence-corrected chi connectivity index (χ3v) is 5.74. The predicted molar refractivity (Wildman–Crippen MR) is 148 cm³/mol. The number of aryl methyl sites for hydroxylation is 6. The lowest BCUT2D eigenvalue weighted by molar-refractivity contribution is 0.867. The number of hydrogen-bond donors (Lipinski definition) is 0. The van der Waals surface area contributed by atoms with Crippen molar-refractivity contribution in [3.8, 4) is 0 Å². The molecule has 0 aliphatic heterocycles. The van der Waals surface area contributed by atoms with Crippen molar-refractivity contribution in [2.45, 2.75) is 61.3 Å². The minimum Gasteiger partial charge on any atom is -0.0622 e. The Morgan fingerprint density at radius 3 is 0.697 bits per heavy atom. The van der Waals surface area contributed by atoms with Crippen LogP contribution in [0, 0.1) is 41.5 Å². The van der Waals surface area contributed by atoms with Gasteiger partial charge in [0, 0.05) is 0 Å². The maximum Gasteiger partial charge on any atom is -0.0219 e. The minimum atomic E-state index is 0.659. The van der Waals surface area contributed by atoms with Gasteiger partial charge in [0.15, 0.2) is 0 Å². The highest BCUT2D eigenvalue weighted by Gasteiger charge is 1.93. The van der Waals surface area contributed by atoms with Crippen LogP contribution in [0.25, 0.3) is 0 Å². The van der Waals surface area contributed by atoms with Gasteiger partial charge in [-0.3, -0.25) is 0 Å². The van der Waals surface area contributed by atoms with Gasteiger partial charge in [0.2, 0.25) is 0 Å². The van der Waals surface area contributed by atoms with Crippen LogP contribution >= 0.6 is 0 Å². The van der Waals surface area contributed by atoms with Gasteiger partial charge in [-0.1, -0.05) is 117 Å². The first-order valence-corrected chi connectivity index (χ1v) is 11.8. The Morgan fingerprint density at radius 1 is 0.333 bits per heavy atom. The summed E-state index contributed by atoms with van der Waals surface area (Å²) in [6, 6.07) is 35.6. The van der Waals surface area contributed by atoms with Gasteiger partial charge in [-0.05, 0) is 86.4 Å². The maximum atomic E-state index is 2.20. The van der Waals surface area contributed by atoms with Crippen molar-refractivity contribution in [3.63, 3.8) is 0 Å². The van der Waals surface area contributed by atoms with E-state index in [1.807, 2.05) is 6.07 Å². The molecular weight excluding hydrogens is 396 g/mol. The van der Waals surface area contributed by atoms with Crippen molar-refractivity contribution in [1.29, 1.82) is 0 Å². The molecule has 0 radical (unpaired) electrons. The summed E-state index contributed by atoms with van der Waals surface area (Å²) in [6.45, 7) is 17.1. The molecule has 4 aromatic rings. The van der Waals surface area contributed by atoms with Crippen molar-refractivity contribution in [2.24, 2.45) is 0 Å². The maximum absolute atomic E-state index is 2.20. The molecule has 0 heteroatoms. The van der Waals surface area contributed by atoms with Crippen LogP contribution in [0.3, 0.4) is 0 Å². The molecule has 0 spiro atoms. The summed E-state index contributed by atoms with van der Waals surface area (Å²) in [6.07, 6.45) is 0. The van der Waals surface area contributed by atoms with Gasteiger partial charge in [-0.15, -0.1) is 0 Å². The van der Waals surface area contributed by atoms with Crippen molar-refractivity contribution in [1.82, 2.24) is 0 Å². The first kappa shape index (κ1) is 27.9. The largest absolute Gasteiger partial charge is 0.0622 e. The summed E-state index contributed by atoms with van der Waals surface area (Å²) < 4.78 is 0. The molecule has 0 saturated heterocycles. The second-order valence-corrected chi connectivity index (χ2v) is 8.82. The Labute approximate surface area is 203 Å². The first-order chi connectivity index (χ1) is 15.7. The average Bonchev–Trinajstić information content (AvgIpc) is 2.82. The Balaban J connectivity index is 0.000000220. The molecular formula is C33H42. The first-order valence-electron chi connectivity index (χ1n) is 11.8. The molecule has 4 rings (SSSR count). The fourth-order valence-corrected chi connectivity index (χ4v) is 2.83. The van der Waals surface area contributed by atoms with Gasteiger partial charge < -0.3 is 0 Å². The van der Waals surface area contributed by atoms with Crippen molar-refractivity contribution in [3.05, 3.63) is 142 Å². The van der Waals surface area contributed by atoms with E-state index in [1.165, 1.54) is 38.9 Å². The Hall–Kier alpha value is -3.12. The van der Waals surface area contributed by atoms with Crippen LogP contribution < -0.4 is 0 Å². The lowest BCUT2D eigenvalue weighted by Crippen LogP contribution is -1.83. The van der Waals surface area contributed by atoms with Crippen molar-refractivity contribution >= 4 is 0 Å². The van der Waals surface area contributed by atoms with Crippen LogP contribution in [-0.2, 0) is 0 Å². The topological polar surface area (TPSA) is 0 Å². The molecule has 0 N–H and O–H groups in total. The standard InChI is InChI=1S/C9H12.3C8H10/c1-8(2)9-6-4-3-5-7-9;3*1-7-5-3-4-6-8(7)2/h3-8H,1-2H3;3*3-6H,1-2H3. The molecule has 0 bridgehead atoms. The lowest BCUT2D eigenvalue weighted by Gasteiger charge is -2.01. The molecule has 0 fully saturated rings. The fourth-order valence-electron chi connectivity index (χ4n) is 2.83. The molecule has 0 saturated carbocycles. The summed E-state index contributed by atoms with van der Waals surface area (Å²) in [5, 5.41) is 0. The Bertz CT molecular complexity index is 876. The summed E-state index contributed by atoms with van der Waals surface area (Å²) in [5.74, 6) is 0.659. The van der Waals surface area contributed by atoms with Crippen LogP contribution in [0.2, 0.25) is 0 Å². The number of benzene rings is 4. The minimum absolute atomic E-state index is 0.659. The summed E-state index contributed by atoms with van der Waals surface area (Å²) in [5.41, 5.74) is 9.62. The molecule has 4 aromatic carbocycles. The van der Waals surface area contributed by atoms with Crippen LogP contribution in [0.4, 0.5) is 0 Å². The zero-order chi connectivity index (χ0) is 24.6. The smallest absolute Gasteiger partial charge is 0.0219 e. The Kier molecular flexibility index (Phi) is 13.2. The Morgan fingerprint density at radius 2 is 0.545 bits per heavy atom. The second-order valence-electron chi connectivity index (χ2n) is 8.82. The van der Waals surface area contributed by atoms with Crippen LogP contribution in [-0.4, -0.2) is 0 Å². The molecule has 0 unspecified atom stereocenters. The summed E-state index contributed by atoms with van der Waals surface area (Å²) >= 11 is 0. The molecule has 0 heterocycles. The van der Waals surface area contributed by atoms with Gasteiger partial charge in [0.1, 0.15) is 0 Å². The van der Waals surface area contributed by atoms with Gasteiger partial charge in [0.05, 0.1) is 0 Å². The third kappa shape index (κ3) is 11.9. The van der Waals surface area contributed by atoms with E-state index in [0.29, 0.717) is 5.92 Å². The van der Waals surface area contributed by atoms with E-state index in [1.54, 1.807) is 0 Å². The molecule has 0 aliphatic rings. The fraction of sp³-hybridized carbons (Fsp3) is 0.273. The van der Waals surface area contributed by atoms with Gasteiger partial charge >= 0.3 is 0 Å². The van der Waals surface area contributed by atoms with Crippen molar-refractivity contribution in [2.75, 3.05) is 0 Å². The van der Waals surface area contributed by atoms with Crippen LogP contribution in [0.15, 0.2) is 103 Å². The zero-order valence-corrected chi connectivity index (χ0v) is 21.9. The van der Waals surface area contributed by atoms with E-state index in [9.17, 15) is 0 Å². The third-order valence-electron chi connectivity index (χ3n) is 5.74. The van der Waals surface area contributed by atoms with E-state index < -0.39 is 0 Å². The lowest BCUT2D eigenvalue weighted by atomic mass is 10.0. The SMILES string of the molecule is CC(C)c1ccccc1.Cc1ccccc1C.Cc1ccccc1C.Cc1ccccc1C. The van der Waals surface area contributed by atoms with Gasteiger partial charge in [0.25, 0.3) is 0 Å². The second kappa shape index (κ2) is 15.6. The highest BCUT2D eigenvalue weighted by Crippen LogP contribution is 2.11. The van der Waals surface area contributed by atoms with E-state index >= 15 is 0 Å². The quantitative estimate of drug-likeness (QED) is 0.277. The monoisotopic (exact) mass is 438 g/mol. The summed E-state index contributed by atoms with van der Waals surface area (Å²) in [4.78, 5) is 0. The van der Waals surface area contributed by atoms with E-state index in [-0.39, 0.29) is 0 Å². The van der Waals surface area contributed by atoms with E-state index in [2.05, 4.69) is 152 Å². The van der Waals surface area contributed by atoms with Crippen LogP contribution in [0.1, 0.15) is 58.7 Å². The predicted octanol–water partition coefficient (Wildman–Crippen LogP) is 9.72. The zero-order valence-electron chi connectivity index (χ0n) is 21.9. The molecule has 0 aliphatic carbocycles. The molecule has 0 nitrogen and oxygen atoms in total. The normalized spacial score (nSPS) is 9.48. The van der Waals surface area contributed by atoms with Crippen LogP contribution in [0.5, 0.6) is 0 Å². The molecule has 0 aromatic heterocycles. The van der Waals surface area contributed by atoms with Gasteiger partial charge in [-0.2, -0.15) is 0 Å². The van der Waals surface area contributed by atoms with Crippen molar-refractivity contribution < 1.29 is 0 Å². The number of hydrogen-bond acceptors (Lipinski definition) is 0. The molecule has 33 heavy (non-hydrogen) atoms. The highest BCUT2D eigenvalue weighted by molar-refractivity contribution is 5.24.